The maximum absolute atomic E-state index is 11.3. The number of carbonyl (C=O) groups excluding carboxylic acids is 2. The lowest BCUT2D eigenvalue weighted by Gasteiger charge is -2.06. The SMILES string of the molecule is C/C=C\C(=C/C)C1C(=O)C=CC1=O. The standard InChI is InChI=1S/C11H12O2/c1-3-5-8(4-2)11-9(12)6-7-10(11)13/h3-7,11H,1-2H3/b5-3-,8-4+. The van der Waals surface area contributed by atoms with Crippen molar-refractivity contribution in [3.8, 4) is 0 Å². The molecule has 0 bridgehead atoms. The average Bonchev–Trinajstić information content (AvgIpc) is 2.43. The molecule has 0 radical (unpaired) electrons. The van der Waals surface area contributed by atoms with E-state index in [0.29, 0.717) is 0 Å². The van der Waals surface area contributed by atoms with Gasteiger partial charge in [-0.25, -0.2) is 0 Å². The van der Waals surface area contributed by atoms with Crippen molar-refractivity contribution in [3.05, 3.63) is 36.0 Å². The van der Waals surface area contributed by atoms with E-state index in [1.807, 2.05) is 19.9 Å². The van der Waals surface area contributed by atoms with Crippen LogP contribution < -0.4 is 0 Å². The van der Waals surface area contributed by atoms with Crippen LogP contribution in [0.3, 0.4) is 0 Å². The average molecular weight is 176 g/mol. The quantitative estimate of drug-likeness (QED) is 0.475. The molecule has 1 rings (SSSR count). The van der Waals surface area contributed by atoms with Gasteiger partial charge in [0.2, 0.25) is 0 Å². The number of ketones is 2. The molecular formula is C11H12O2. The molecule has 0 aromatic heterocycles. The molecule has 0 spiro atoms. The minimum absolute atomic E-state index is 0.115. The van der Waals surface area contributed by atoms with E-state index >= 15 is 0 Å². The molecule has 0 aromatic carbocycles. The second kappa shape index (κ2) is 3.99. The largest absolute Gasteiger partial charge is 0.294 e. The van der Waals surface area contributed by atoms with Crippen molar-refractivity contribution in [2.75, 3.05) is 0 Å². The number of carbonyl (C=O) groups is 2. The van der Waals surface area contributed by atoms with Gasteiger partial charge in [0, 0.05) is 0 Å². The van der Waals surface area contributed by atoms with Gasteiger partial charge in [0.15, 0.2) is 11.6 Å². The number of allylic oxidation sites excluding steroid dienone is 6. The molecule has 2 heteroatoms. The van der Waals surface area contributed by atoms with Crippen LogP contribution >= 0.6 is 0 Å². The van der Waals surface area contributed by atoms with E-state index in [0.717, 1.165) is 5.57 Å². The number of rotatable bonds is 2. The predicted octanol–water partition coefficient (Wildman–Crippen LogP) is 1.83. The van der Waals surface area contributed by atoms with Crippen molar-refractivity contribution < 1.29 is 9.59 Å². The molecule has 1 aliphatic carbocycles. The van der Waals surface area contributed by atoms with Crippen LogP contribution in [-0.4, -0.2) is 11.6 Å². The van der Waals surface area contributed by atoms with E-state index in [2.05, 4.69) is 0 Å². The van der Waals surface area contributed by atoms with Crippen molar-refractivity contribution in [2.45, 2.75) is 13.8 Å². The Morgan fingerprint density at radius 3 is 2.15 bits per heavy atom. The van der Waals surface area contributed by atoms with E-state index in [1.165, 1.54) is 12.2 Å². The van der Waals surface area contributed by atoms with Gasteiger partial charge in [0.25, 0.3) is 0 Å². The van der Waals surface area contributed by atoms with Crippen LogP contribution in [0, 0.1) is 5.92 Å². The molecule has 0 unspecified atom stereocenters. The van der Waals surface area contributed by atoms with Crippen LogP contribution in [0.15, 0.2) is 36.0 Å². The van der Waals surface area contributed by atoms with Crippen LogP contribution in [0.2, 0.25) is 0 Å². The van der Waals surface area contributed by atoms with Crippen molar-refractivity contribution in [2.24, 2.45) is 5.92 Å². The highest BCUT2D eigenvalue weighted by Gasteiger charge is 2.29. The van der Waals surface area contributed by atoms with Gasteiger partial charge in [-0.1, -0.05) is 18.2 Å². The van der Waals surface area contributed by atoms with E-state index in [9.17, 15) is 9.59 Å². The molecule has 0 N–H and O–H groups in total. The second-order valence-electron chi connectivity index (χ2n) is 2.86. The topological polar surface area (TPSA) is 34.1 Å². The van der Waals surface area contributed by atoms with Crippen LogP contribution in [0.25, 0.3) is 0 Å². The molecular weight excluding hydrogens is 164 g/mol. The van der Waals surface area contributed by atoms with Crippen molar-refractivity contribution in [1.82, 2.24) is 0 Å². The Kier molecular flexibility index (Phi) is 2.96. The summed E-state index contributed by atoms with van der Waals surface area (Å²) in [4.78, 5) is 22.6. The first-order valence-corrected chi connectivity index (χ1v) is 4.25. The van der Waals surface area contributed by atoms with Gasteiger partial charge in [-0.05, 0) is 31.6 Å². The lowest BCUT2D eigenvalue weighted by Crippen LogP contribution is -2.16. The Morgan fingerprint density at radius 1 is 1.23 bits per heavy atom. The highest BCUT2D eigenvalue weighted by molar-refractivity contribution is 6.20. The van der Waals surface area contributed by atoms with Gasteiger partial charge in [-0.3, -0.25) is 9.59 Å². The first kappa shape index (κ1) is 9.65. The van der Waals surface area contributed by atoms with Gasteiger partial charge < -0.3 is 0 Å². The van der Waals surface area contributed by atoms with E-state index < -0.39 is 5.92 Å². The Morgan fingerprint density at radius 2 is 1.77 bits per heavy atom. The fourth-order valence-electron chi connectivity index (χ4n) is 1.38. The van der Waals surface area contributed by atoms with Crippen LogP contribution in [0.5, 0.6) is 0 Å². The molecule has 13 heavy (non-hydrogen) atoms. The van der Waals surface area contributed by atoms with Crippen molar-refractivity contribution in [1.29, 1.82) is 0 Å². The third-order valence-electron chi connectivity index (χ3n) is 2.01. The molecule has 0 saturated heterocycles. The van der Waals surface area contributed by atoms with Crippen molar-refractivity contribution >= 4 is 11.6 Å². The summed E-state index contributed by atoms with van der Waals surface area (Å²) in [6.45, 7) is 3.69. The molecule has 0 atom stereocenters. The Labute approximate surface area is 77.6 Å². The Balaban J connectivity index is 2.94. The zero-order valence-corrected chi connectivity index (χ0v) is 7.78. The molecule has 68 valence electrons. The minimum atomic E-state index is -0.582. The zero-order valence-electron chi connectivity index (χ0n) is 7.78. The molecule has 0 amide bonds. The molecule has 0 aliphatic heterocycles. The molecule has 0 saturated carbocycles. The fraction of sp³-hybridized carbons (Fsp3) is 0.273. The third-order valence-corrected chi connectivity index (χ3v) is 2.01. The monoisotopic (exact) mass is 176 g/mol. The highest BCUT2D eigenvalue weighted by Crippen LogP contribution is 2.20. The second-order valence-corrected chi connectivity index (χ2v) is 2.86. The van der Waals surface area contributed by atoms with E-state index in [-0.39, 0.29) is 11.6 Å². The minimum Gasteiger partial charge on any atom is -0.294 e. The third kappa shape index (κ3) is 1.83. The molecule has 1 aliphatic rings. The van der Waals surface area contributed by atoms with E-state index in [1.54, 1.807) is 12.2 Å². The summed E-state index contributed by atoms with van der Waals surface area (Å²) in [7, 11) is 0. The van der Waals surface area contributed by atoms with Gasteiger partial charge in [-0.2, -0.15) is 0 Å². The maximum Gasteiger partial charge on any atom is 0.171 e. The summed E-state index contributed by atoms with van der Waals surface area (Å²) in [6, 6.07) is 0. The Bertz CT molecular complexity index is 301. The van der Waals surface area contributed by atoms with E-state index in [4.69, 9.17) is 0 Å². The first-order valence-electron chi connectivity index (χ1n) is 4.25. The first-order chi connectivity index (χ1) is 6.20. The molecule has 0 heterocycles. The smallest absolute Gasteiger partial charge is 0.171 e. The summed E-state index contributed by atoms with van der Waals surface area (Å²) in [6.07, 6.45) is 8.12. The van der Waals surface area contributed by atoms with Crippen LogP contribution in [0.4, 0.5) is 0 Å². The Hall–Kier alpha value is -1.44. The molecule has 0 aromatic rings. The summed E-state index contributed by atoms with van der Waals surface area (Å²) < 4.78 is 0. The molecule has 2 nitrogen and oxygen atoms in total. The summed E-state index contributed by atoms with van der Waals surface area (Å²) in [5, 5.41) is 0. The fourth-order valence-corrected chi connectivity index (χ4v) is 1.38. The van der Waals surface area contributed by atoms with Gasteiger partial charge in [0.05, 0.1) is 0 Å². The van der Waals surface area contributed by atoms with Gasteiger partial charge in [0.1, 0.15) is 5.92 Å². The van der Waals surface area contributed by atoms with Crippen molar-refractivity contribution in [3.63, 3.8) is 0 Å². The van der Waals surface area contributed by atoms with Crippen LogP contribution in [0.1, 0.15) is 13.8 Å². The molecule has 0 fully saturated rings. The lowest BCUT2D eigenvalue weighted by atomic mass is 9.94. The van der Waals surface area contributed by atoms with Crippen LogP contribution in [-0.2, 0) is 9.59 Å². The zero-order chi connectivity index (χ0) is 9.84. The van der Waals surface area contributed by atoms with Gasteiger partial charge in [-0.15, -0.1) is 0 Å². The highest BCUT2D eigenvalue weighted by atomic mass is 16.2. The summed E-state index contributed by atoms with van der Waals surface area (Å²) in [5.74, 6) is -0.811. The normalized spacial score (nSPS) is 19.4. The summed E-state index contributed by atoms with van der Waals surface area (Å²) >= 11 is 0. The van der Waals surface area contributed by atoms with Gasteiger partial charge >= 0.3 is 0 Å². The number of hydrogen-bond acceptors (Lipinski definition) is 2. The lowest BCUT2D eigenvalue weighted by molar-refractivity contribution is -0.124. The predicted molar refractivity (Wildman–Crippen MR) is 51.2 cm³/mol. The number of hydrogen-bond donors (Lipinski definition) is 0. The summed E-state index contributed by atoms with van der Waals surface area (Å²) in [5.41, 5.74) is 0.780. The maximum atomic E-state index is 11.3.